The third-order valence-corrected chi connectivity index (χ3v) is 5.05. The number of nitro groups is 1. The van der Waals surface area contributed by atoms with Gasteiger partial charge in [0.25, 0.3) is 9.84 Å². The van der Waals surface area contributed by atoms with Crippen molar-refractivity contribution < 1.29 is 17.7 Å². The van der Waals surface area contributed by atoms with Crippen LogP contribution in [0.3, 0.4) is 0 Å². The quantitative estimate of drug-likeness (QED) is 0.435. The Balaban J connectivity index is 3.29. The summed E-state index contributed by atoms with van der Waals surface area (Å²) in [6.45, 7) is 3.20. The molecule has 0 spiro atoms. The molecule has 0 N–H and O–H groups in total. The zero-order valence-electron chi connectivity index (χ0n) is 11.3. The number of nitrogens with zero attached hydrogens (tertiary/aromatic N) is 2. The summed E-state index contributed by atoms with van der Waals surface area (Å²) in [7, 11) is -4.72. The average molecular weight is 304 g/mol. The van der Waals surface area contributed by atoms with Crippen molar-refractivity contribution in [3.8, 4) is 0 Å². The molecule has 112 valence electrons. The van der Waals surface area contributed by atoms with Gasteiger partial charge in [0.2, 0.25) is 0 Å². The van der Waals surface area contributed by atoms with Crippen molar-refractivity contribution in [3.05, 3.63) is 40.4 Å². The van der Waals surface area contributed by atoms with Gasteiger partial charge in [-0.05, 0) is 25.2 Å². The van der Waals surface area contributed by atoms with Crippen LogP contribution in [0.25, 0.3) is 0 Å². The normalized spacial score (nSPS) is 15.0. The Morgan fingerprint density at radius 3 is 2.15 bits per heavy atom. The van der Waals surface area contributed by atoms with E-state index in [1.807, 2.05) is 0 Å². The van der Waals surface area contributed by atoms with E-state index >= 15 is 0 Å². The van der Waals surface area contributed by atoms with Crippen molar-refractivity contribution in [1.29, 1.82) is 0 Å². The number of sulfone groups is 1. The van der Waals surface area contributed by atoms with E-state index < -0.39 is 31.3 Å². The standard InChI is InChI=1S/C12H17FN2O4S/c1-3-14(4-2)10-12(13,15(16)17)20(18,19)11-8-6-5-7-9-11/h5-9H,3-4,10H2,1-2H3/t12-/m1/s1. The first-order chi connectivity index (χ1) is 9.29. The van der Waals surface area contributed by atoms with Crippen LogP contribution in [-0.4, -0.2) is 43.0 Å². The molecule has 0 amide bonds. The second kappa shape index (κ2) is 6.27. The molecule has 6 nitrogen and oxygen atoms in total. The van der Waals surface area contributed by atoms with Gasteiger partial charge in [-0.15, -0.1) is 4.39 Å². The van der Waals surface area contributed by atoms with E-state index in [9.17, 15) is 22.9 Å². The van der Waals surface area contributed by atoms with Crippen LogP contribution in [0.1, 0.15) is 13.8 Å². The maximum atomic E-state index is 14.7. The van der Waals surface area contributed by atoms with Crippen molar-refractivity contribution >= 4 is 9.84 Å². The van der Waals surface area contributed by atoms with E-state index in [0.29, 0.717) is 13.1 Å². The number of hydrogen-bond acceptors (Lipinski definition) is 5. The summed E-state index contributed by atoms with van der Waals surface area (Å²) < 4.78 is 39.1. The van der Waals surface area contributed by atoms with E-state index in [1.165, 1.54) is 17.0 Å². The SMILES string of the molecule is CCN(CC)C[C@@](F)([N+](=O)[O-])S(=O)(=O)c1ccccc1. The first-order valence-corrected chi connectivity index (χ1v) is 7.63. The molecular formula is C12H17FN2O4S. The van der Waals surface area contributed by atoms with Crippen LogP contribution in [0.2, 0.25) is 0 Å². The minimum atomic E-state index is -4.72. The fourth-order valence-corrected chi connectivity index (χ4v) is 3.17. The highest BCUT2D eigenvalue weighted by molar-refractivity contribution is 7.92. The molecule has 8 heteroatoms. The van der Waals surface area contributed by atoms with Crippen LogP contribution in [-0.2, 0) is 9.84 Å². The lowest BCUT2D eigenvalue weighted by molar-refractivity contribution is -0.574. The lowest BCUT2D eigenvalue weighted by Gasteiger charge is -2.24. The second-order valence-electron chi connectivity index (χ2n) is 4.22. The molecule has 1 atom stereocenters. The van der Waals surface area contributed by atoms with E-state index in [2.05, 4.69) is 0 Å². The van der Waals surface area contributed by atoms with Crippen LogP contribution >= 0.6 is 0 Å². The highest BCUT2D eigenvalue weighted by Gasteiger charge is 2.58. The fraction of sp³-hybridized carbons (Fsp3) is 0.500. The predicted molar refractivity (Wildman–Crippen MR) is 72.2 cm³/mol. The molecule has 0 radical (unpaired) electrons. The summed E-state index contributed by atoms with van der Waals surface area (Å²) in [4.78, 5) is 10.6. The molecular weight excluding hydrogens is 287 g/mol. The van der Waals surface area contributed by atoms with E-state index in [-0.39, 0.29) is 0 Å². The van der Waals surface area contributed by atoms with Crippen molar-refractivity contribution in [3.63, 3.8) is 0 Å². The molecule has 0 saturated heterocycles. The topological polar surface area (TPSA) is 80.5 Å². The Labute approximate surface area is 117 Å². The number of hydrogen-bond donors (Lipinski definition) is 0. The Hall–Kier alpha value is -1.54. The molecule has 0 unspecified atom stereocenters. The zero-order chi connectivity index (χ0) is 15.4. The van der Waals surface area contributed by atoms with Gasteiger partial charge in [-0.3, -0.25) is 15.0 Å². The molecule has 20 heavy (non-hydrogen) atoms. The van der Waals surface area contributed by atoms with Crippen molar-refractivity contribution in [2.45, 2.75) is 23.9 Å². The Morgan fingerprint density at radius 1 is 1.25 bits per heavy atom. The summed E-state index contributed by atoms with van der Waals surface area (Å²) in [5, 5.41) is 7.48. The van der Waals surface area contributed by atoms with Gasteiger partial charge >= 0.3 is 5.12 Å². The van der Waals surface area contributed by atoms with Crippen LogP contribution in [0, 0.1) is 10.1 Å². The molecule has 0 fully saturated rings. The van der Waals surface area contributed by atoms with Crippen molar-refractivity contribution in [1.82, 2.24) is 4.90 Å². The summed E-state index contributed by atoms with van der Waals surface area (Å²) in [6.07, 6.45) is 0. The summed E-state index contributed by atoms with van der Waals surface area (Å²) >= 11 is 0. The molecule has 1 aromatic rings. The minimum absolute atomic E-state index is 0.320. The van der Waals surface area contributed by atoms with Gasteiger partial charge in [-0.1, -0.05) is 32.0 Å². The molecule has 0 saturated carbocycles. The van der Waals surface area contributed by atoms with Gasteiger partial charge in [0.1, 0.15) is 6.54 Å². The van der Waals surface area contributed by atoms with Gasteiger partial charge in [-0.2, -0.15) is 0 Å². The number of likely N-dealkylation sites (N-methyl/N-ethyl adjacent to an activating group) is 1. The van der Waals surface area contributed by atoms with Crippen LogP contribution < -0.4 is 0 Å². The number of rotatable bonds is 7. The zero-order valence-corrected chi connectivity index (χ0v) is 12.1. The Bertz CT molecular complexity index is 560. The molecule has 0 aromatic heterocycles. The Kier molecular flexibility index (Phi) is 5.18. The minimum Gasteiger partial charge on any atom is -0.294 e. The molecule has 0 aliphatic heterocycles. The fourth-order valence-electron chi connectivity index (χ4n) is 1.74. The predicted octanol–water partition coefficient (Wildman–Crippen LogP) is 1.70. The molecule has 1 aromatic carbocycles. The van der Waals surface area contributed by atoms with E-state index in [4.69, 9.17) is 0 Å². The number of alkyl halides is 1. The van der Waals surface area contributed by atoms with Gasteiger partial charge in [0, 0.05) is 0 Å². The molecule has 0 aliphatic carbocycles. The molecule has 0 heterocycles. The summed E-state index contributed by atoms with van der Waals surface area (Å²) in [5.74, 6) is 0. The van der Waals surface area contributed by atoms with Gasteiger partial charge in [-0.25, -0.2) is 8.42 Å². The van der Waals surface area contributed by atoms with Crippen LogP contribution in [0.5, 0.6) is 0 Å². The largest absolute Gasteiger partial charge is 0.475 e. The maximum absolute atomic E-state index is 14.7. The monoisotopic (exact) mass is 304 g/mol. The first kappa shape index (κ1) is 16.5. The lowest BCUT2D eigenvalue weighted by Crippen LogP contribution is -2.51. The van der Waals surface area contributed by atoms with E-state index in [0.717, 1.165) is 12.1 Å². The smallest absolute Gasteiger partial charge is 0.294 e. The van der Waals surface area contributed by atoms with Gasteiger partial charge < -0.3 is 0 Å². The first-order valence-electron chi connectivity index (χ1n) is 6.15. The van der Waals surface area contributed by atoms with E-state index in [1.54, 1.807) is 19.9 Å². The second-order valence-corrected chi connectivity index (χ2v) is 6.33. The van der Waals surface area contributed by atoms with Crippen molar-refractivity contribution in [2.75, 3.05) is 19.6 Å². The number of halogens is 1. The highest BCUT2D eigenvalue weighted by atomic mass is 32.2. The van der Waals surface area contributed by atoms with Crippen LogP contribution in [0.4, 0.5) is 4.39 Å². The average Bonchev–Trinajstić information content (AvgIpc) is 2.44. The molecule has 0 bridgehead atoms. The van der Waals surface area contributed by atoms with Crippen molar-refractivity contribution in [2.24, 2.45) is 0 Å². The molecule has 0 aliphatic rings. The summed E-state index contributed by atoms with van der Waals surface area (Å²) in [5.41, 5.74) is 0. The summed E-state index contributed by atoms with van der Waals surface area (Å²) in [6, 6.07) is 6.63. The van der Waals surface area contributed by atoms with Crippen LogP contribution in [0.15, 0.2) is 35.2 Å². The highest BCUT2D eigenvalue weighted by Crippen LogP contribution is 2.29. The lowest BCUT2D eigenvalue weighted by atomic mass is 10.4. The number of benzene rings is 1. The van der Waals surface area contributed by atoms with Gasteiger partial charge in [0.05, 0.1) is 9.82 Å². The maximum Gasteiger partial charge on any atom is 0.475 e. The third kappa shape index (κ3) is 2.96. The third-order valence-electron chi connectivity index (χ3n) is 3.05. The van der Waals surface area contributed by atoms with Gasteiger partial charge in [0.15, 0.2) is 0 Å². The Morgan fingerprint density at radius 2 is 1.75 bits per heavy atom. The molecule has 1 rings (SSSR count).